The van der Waals surface area contributed by atoms with Gasteiger partial charge in [-0.1, -0.05) is 36.4 Å². The first-order chi connectivity index (χ1) is 14.5. The highest BCUT2D eigenvalue weighted by atomic mass is 16.5. The van der Waals surface area contributed by atoms with Crippen LogP contribution in [0.2, 0.25) is 0 Å². The van der Waals surface area contributed by atoms with E-state index < -0.39 is 22.9 Å². The molecule has 0 spiro atoms. The minimum atomic E-state index is -1.08. The molecule has 0 aliphatic carbocycles. The second-order valence-corrected chi connectivity index (χ2v) is 9.14. The number of fused-ring (bicyclic) bond motifs is 2. The molecule has 4 rings (SSSR count). The molecule has 0 fully saturated rings. The maximum absolute atomic E-state index is 12.1. The summed E-state index contributed by atoms with van der Waals surface area (Å²) in [7, 11) is 0. The van der Waals surface area contributed by atoms with Gasteiger partial charge < -0.3 is 14.9 Å². The van der Waals surface area contributed by atoms with Crippen molar-refractivity contribution in [3.63, 3.8) is 0 Å². The van der Waals surface area contributed by atoms with Gasteiger partial charge in [0.05, 0.1) is 16.7 Å². The first kappa shape index (κ1) is 21.0. The molecule has 1 aromatic carbocycles. The fourth-order valence-electron chi connectivity index (χ4n) is 3.97. The molecule has 1 aliphatic heterocycles. The van der Waals surface area contributed by atoms with Gasteiger partial charge in [0.1, 0.15) is 0 Å². The van der Waals surface area contributed by atoms with Gasteiger partial charge in [0.2, 0.25) is 11.8 Å². The Bertz CT molecular complexity index is 1160. The van der Waals surface area contributed by atoms with Gasteiger partial charge in [0, 0.05) is 28.3 Å². The number of carboxylic acids is 1. The number of nitrogens with zero attached hydrogens (tertiary/aromatic N) is 2. The molecule has 0 saturated heterocycles. The summed E-state index contributed by atoms with van der Waals surface area (Å²) in [5.41, 5.74) is 2.63. The Hall–Kier alpha value is -3.25. The molecule has 3 heterocycles. The summed E-state index contributed by atoms with van der Waals surface area (Å²) in [6, 6.07) is 15.1. The Morgan fingerprint density at radius 2 is 1.48 bits per heavy atom. The topological polar surface area (TPSA) is 92.5 Å². The number of rotatable bonds is 4. The number of hydrogen-bond acceptors (Lipinski definition) is 5. The van der Waals surface area contributed by atoms with Crippen molar-refractivity contribution in [3.8, 4) is 23.0 Å². The number of carbonyl (C=O) groups is 1. The summed E-state index contributed by atoms with van der Waals surface area (Å²) >= 11 is 0. The molecule has 1 aliphatic rings. The zero-order valence-corrected chi connectivity index (χ0v) is 18.3. The smallest absolute Gasteiger partial charge is 0.310 e. The Labute approximate surface area is 181 Å². The molecule has 1 atom stereocenters. The van der Waals surface area contributed by atoms with Crippen LogP contribution in [0.25, 0.3) is 11.3 Å². The fourth-order valence-corrected chi connectivity index (χ4v) is 3.97. The zero-order chi connectivity index (χ0) is 22.6. The van der Waals surface area contributed by atoms with Crippen molar-refractivity contribution < 1.29 is 19.7 Å². The average molecular weight is 418 g/mol. The van der Waals surface area contributed by atoms with E-state index >= 15 is 0 Å². The van der Waals surface area contributed by atoms with E-state index in [1.54, 1.807) is 27.7 Å². The van der Waals surface area contributed by atoms with Crippen molar-refractivity contribution >= 4 is 5.97 Å². The standard InChI is InChI=1S/C25H26N2O4/c1-14-6-11-17-20(24(2,3)23(28)29)18-12-13-19(27-22(18)31-21(17)26-14)15-7-9-16(10-8-15)25(4,5)30/h6-13,20,30H,1-5H3,(H,28,29). The summed E-state index contributed by atoms with van der Waals surface area (Å²) in [6.07, 6.45) is 0. The highest BCUT2D eigenvalue weighted by Crippen LogP contribution is 2.51. The largest absolute Gasteiger partial charge is 0.481 e. The molecular weight excluding hydrogens is 392 g/mol. The van der Waals surface area contributed by atoms with Gasteiger partial charge in [-0.2, -0.15) is 0 Å². The minimum absolute atomic E-state index is 0.369. The van der Waals surface area contributed by atoms with E-state index in [1.165, 1.54) is 0 Å². The van der Waals surface area contributed by atoms with Crippen LogP contribution in [-0.4, -0.2) is 26.2 Å². The van der Waals surface area contributed by atoms with E-state index in [1.807, 2.05) is 55.5 Å². The molecular formula is C25H26N2O4. The molecule has 0 radical (unpaired) electrons. The third kappa shape index (κ3) is 3.68. The number of aromatic nitrogens is 2. The van der Waals surface area contributed by atoms with Crippen LogP contribution in [-0.2, 0) is 10.4 Å². The van der Waals surface area contributed by atoms with Crippen molar-refractivity contribution in [1.29, 1.82) is 0 Å². The van der Waals surface area contributed by atoms with Crippen LogP contribution in [0.5, 0.6) is 11.8 Å². The van der Waals surface area contributed by atoms with Gasteiger partial charge in [-0.25, -0.2) is 9.97 Å². The summed E-state index contributed by atoms with van der Waals surface area (Å²) in [5, 5.41) is 20.1. The highest BCUT2D eigenvalue weighted by Gasteiger charge is 2.44. The van der Waals surface area contributed by atoms with Crippen LogP contribution in [0.1, 0.15) is 56.0 Å². The van der Waals surface area contributed by atoms with E-state index in [4.69, 9.17) is 9.72 Å². The quantitative estimate of drug-likeness (QED) is 0.617. The van der Waals surface area contributed by atoms with Crippen LogP contribution in [0, 0.1) is 12.3 Å². The molecule has 0 saturated carbocycles. The van der Waals surface area contributed by atoms with Crippen LogP contribution in [0.4, 0.5) is 0 Å². The Morgan fingerprint density at radius 3 is 2.06 bits per heavy atom. The summed E-state index contributed by atoms with van der Waals surface area (Å²) in [5.74, 6) is -0.582. The van der Waals surface area contributed by atoms with Gasteiger partial charge >= 0.3 is 5.97 Å². The zero-order valence-electron chi connectivity index (χ0n) is 18.3. The molecule has 6 heteroatoms. The van der Waals surface area contributed by atoms with Crippen molar-refractivity contribution in [2.45, 2.75) is 46.1 Å². The SMILES string of the molecule is Cc1ccc2c(n1)Oc1nc(-c3ccc(C(C)(C)O)cc3)ccc1C2C(C)(C)C(=O)O. The van der Waals surface area contributed by atoms with Crippen molar-refractivity contribution in [1.82, 2.24) is 9.97 Å². The number of aliphatic carboxylic acids is 1. The second kappa shape index (κ2) is 7.17. The molecule has 6 nitrogen and oxygen atoms in total. The van der Waals surface area contributed by atoms with Crippen molar-refractivity contribution in [2.75, 3.05) is 0 Å². The number of pyridine rings is 2. The van der Waals surface area contributed by atoms with Gasteiger partial charge in [-0.3, -0.25) is 4.79 Å². The monoisotopic (exact) mass is 418 g/mol. The van der Waals surface area contributed by atoms with Crippen LogP contribution < -0.4 is 4.74 Å². The Balaban J connectivity index is 1.82. The van der Waals surface area contributed by atoms with Crippen LogP contribution >= 0.6 is 0 Å². The van der Waals surface area contributed by atoms with Crippen LogP contribution in [0.3, 0.4) is 0 Å². The lowest BCUT2D eigenvalue weighted by molar-refractivity contribution is -0.147. The van der Waals surface area contributed by atoms with E-state index in [-0.39, 0.29) is 0 Å². The molecule has 160 valence electrons. The predicted octanol–water partition coefficient (Wildman–Crippen LogP) is 5.03. The lowest BCUT2D eigenvalue weighted by atomic mass is 9.71. The number of ether oxygens (including phenoxy) is 1. The number of aliphatic hydroxyl groups is 1. The van der Waals surface area contributed by atoms with E-state index in [2.05, 4.69) is 4.98 Å². The lowest BCUT2D eigenvalue weighted by Gasteiger charge is -2.35. The van der Waals surface area contributed by atoms with E-state index in [9.17, 15) is 15.0 Å². The first-order valence-electron chi connectivity index (χ1n) is 10.2. The molecule has 0 amide bonds. The molecule has 1 unspecified atom stereocenters. The summed E-state index contributed by atoms with van der Waals surface area (Å²) in [4.78, 5) is 21.3. The van der Waals surface area contributed by atoms with Crippen molar-refractivity contribution in [2.24, 2.45) is 5.41 Å². The van der Waals surface area contributed by atoms with E-state index in [0.717, 1.165) is 27.9 Å². The predicted molar refractivity (Wildman–Crippen MR) is 117 cm³/mol. The normalized spacial score (nSPS) is 15.6. The van der Waals surface area contributed by atoms with Crippen molar-refractivity contribution in [3.05, 3.63) is 70.9 Å². The first-order valence-corrected chi connectivity index (χ1v) is 10.2. The third-order valence-corrected chi connectivity index (χ3v) is 5.89. The molecule has 2 N–H and O–H groups in total. The third-order valence-electron chi connectivity index (χ3n) is 5.89. The highest BCUT2D eigenvalue weighted by molar-refractivity contribution is 5.77. The maximum Gasteiger partial charge on any atom is 0.310 e. The number of carboxylic acid groups (broad SMARTS) is 1. The van der Waals surface area contributed by atoms with Gasteiger partial charge in [-0.15, -0.1) is 0 Å². The van der Waals surface area contributed by atoms with Crippen LogP contribution in [0.15, 0.2) is 48.5 Å². The summed E-state index contributed by atoms with van der Waals surface area (Å²) < 4.78 is 6.05. The minimum Gasteiger partial charge on any atom is -0.481 e. The molecule has 31 heavy (non-hydrogen) atoms. The molecule has 0 bridgehead atoms. The van der Waals surface area contributed by atoms with Gasteiger partial charge in [0.25, 0.3) is 0 Å². The number of aryl methyl sites for hydroxylation is 1. The Kier molecular flexibility index (Phi) is 4.85. The second-order valence-electron chi connectivity index (χ2n) is 9.14. The number of benzene rings is 1. The average Bonchev–Trinajstić information content (AvgIpc) is 2.70. The molecule has 2 aromatic heterocycles. The Morgan fingerprint density at radius 1 is 0.903 bits per heavy atom. The summed E-state index contributed by atoms with van der Waals surface area (Å²) in [6.45, 7) is 8.77. The lowest BCUT2D eigenvalue weighted by Crippen LogP contribution is -2.34. The fraction of sp³-hybridized carbons (Fsp3) is 0.320. The maximum atomic E-state index is 12.1. The van der Waals surface area contributed by atoms with Gasteiger partial charge in [-0.05, 0) is 52.3 Å². The number of hydrogen-bond donors (Lipinski definition) is 2. The van der Waals surface area contributed by atoms with Gasteiger partial charge in [0.15, 0.2) is 0 Å². The van der Waals surface area contributed by atoms with E-state index in [0.29, 0.717) is 17.5 Å². The molecule has 3 aromatic rings.